The van der Waals surface area contributed by atoms with Gasteiger partial charge < -0.3 is 14.6 Å². The van der Waals surface area contributed by atoms with Gasteiger partial charge in [-0.15, -0.1) is 0 Å². The summed E-state index contributed by atoms with van der Waals surface area (Å²) in [4.78, 5) is 19.6. The van der Waals surface area contributed by atoms with Crippen LogP contribution in [0.3, 0.4) is 0 Å². The molecule has 3 heterocycles. The van der Waals surface area contributed by atoms with Crippen molar-refractivity contribution >= 4 is 22.9 Å². The summed E-state index contributed by atoms with van der Waals surface area (Å²) in [6.07, 6.45) is 1.41. The largest absolute Gasteiger partial charge is 0.368 e. The number of anilines is 1. The molecule has 2 aliphatic heterocycles. The fourth-order valence-corrected chi connectivity index (χ4v) is 3.56. The third kappa shape index (κ3) is 1.87. The molecule has 1 fully saturated rings. The van der Waals surface area contributed by atoms with Gasteiger partial charge in [0.2, 0.25) is 5.95 Å². The Labute approximate surface area is 129 Å². The van der Waals surface area contributed by atoms with Crippen molar-refractivity contribution in [2.45, 2.75) is 25.0 Å². The molecule has 22 heavy (non-hydrogen) atoms. The van der Waals surface area contributed by atoms with E-state index in [0.29, 0.717) is 19.4 Å². The number of piperidine rings is 1. The Morgan fingerprint density at radius 2 is 2.05 bits per heavy atom. The van der Waals surface area contributed by atoms with Crippen LogP contribution in [-0.2, 0) is 16.1 Å². The Bertz CT molecular complexity index is 718. The maximum absolute atomic E-state index is 13.1. The standard InChI is InChI=1S/C16H20N4O2/c1-22-16(6-8-17-9-7-16)14(21)20-11-10-19-13-5-3-2-4-12(13)18-15(19)20/h2-5,17H,6-11H2,1H3. The fourth-order valence-electron chi connectivity index (χ4n) is 3.56. The van der Waals surface area contributed by atoms with Crippen molar-refractivity contribution in [3.63, 3.8) is 0 Å². The SMILES string of the molecule is COC1(C(=O)N2CCn3c2nc2ccccc23)CCNCC1. The van der Waals surface area contributed by atoms with Crippen molar-refractivity contribution in [1.82, 2.24) is 14.9 Å². The predicted molar refractivity (Wildman–Crippen MR) is 83.9 cm³/mol. The van der Waals surface area contributed by atoms with E-state index in [1.54, 1.807) is 12.0 Å². The van der Waals surface area contributed by atoms with E-state index in [-0.39, 0.29) is 5.91 Å². The Morgan fingerprint density at radius 3 is 2.82 bits per heavy atom. The van der Waals surface area contributed by atoms with Crippen molar-refractivity contribution in [3.8, 4) is 0 Å². The van der Waals surface area contributed by atoms with Gasteiger partial charge >= 0.3 is 0 Å². The first-order chi connectivity index (χ1) is 10.7. The third-order valence-electron chi connectivity index (χ3n) is 4.86. The van der Waals surface area contributed by atoms with Crippen LogP contribution in [0.5, 0.6) is 0 Å². The van der Waals surface area contributed by atoms with Crippen LogP contribution in [0.25, 0.3) is 11.0 Å². The number of methoxy groups -OCH3 is 1. The quantitative estimate of drug-likeness (QED) is 0.904. The Morgan fingerprint density at radius 1 is 1.27 bits per heavy atom. The Hall–Kier alpha value is -1.92. The summed E-state index contributed by atoms with van der Waals surface area (Å²) in [6, 6.07) is 8.02. The normalized spacial score (nSPS) is 20.3. The summed E-state index contributed by atoms with van der Waals surface area (Å²) in [5.41, 5.74) is 1.31. The maximum atomic E-state index is 13.1. The topological polar surface area (TPSA) is 59.4 Å². The smallest absolute Gasteiger partial charge is 0.261 e. The molecule has 4 rings (SSSR count). The fraction of sp³-hybridized carbons (Fsp3) is 0.500. The number of nitrogens with one attached hydrogen (secondary N) is 1. The summed E-state index contributed by atoms with van der Waals surface area (Å²) in [5.74, 6) is 0.798. The van der Waals surface area contributed by atoms with Gasteiger partial charge in [-0.1, -0.05) is 12.1 Å². The number of aromatic nitrogens is 2. The number of hydrogen-bond donors (Lipinski definition) is 1. The highest BCUT2D eigenvalue weighted by atomic mass is 16.5. The Balaban J connectivity index is 1.72. The molecule has 1 N–H and O–H groups in total. The van der Waals surface area contributed by atoms with Gasteiger partial charge in [-0.3, -0.25) is 9.69 Å². The molecule has 2 aliphatic rings. The van der Waals surface area contributed by atoms with Crippen LogP contribution < -0.4 is 10.2 Å². The van der Waals surface area contributed by atoms with E-state index in [0.717, 1.165) is 36.6 Å². The van der Waals surface area contributed by atoms with Gasteiger partial charge in [-0.2, -0.15) is 0 Å². The molecular weight excluding hydrogens is 280 g/mol. The highest BCUT2D eigenvalue weighted by Crippen LogP contribution is 2.32. The number of benzene rings is 1. The number of fused-ring (bicyclic) bond motifs is 3. The molecule has 1 saturated heterocycles. The molecule has 0 spiro atoms. The second kappa shape index (κ2) is 5.07. The molecule has 0 atom stereocenters. The molecule has 6 nitrogen and oxygen atoms in total. The van der Waals surface area contributed by atoms with E-state index >= 15 is 0 Å². The van der Waals surface area contributed by atoms with Gasteiger partial charge in [0.05, 0.1) is 11.0 Å². The first-order valence-electron chi connectivity index (χ1n) is 7.78. The number of amides is 1. The molecule has 0 saturated carbocycles. The number of imidazole rings is 1. The molecule has 1 aromatic carbocycles. The van der Waals surface area contributed by atoms with Gasteiger partial charge in [-0.05, 0) is 38.1 Å². The Kier molecular flexibility index (Phi) is 3.16. The van der Waals surface area contributed by atoms with E-state index in [1.807, 2.05) is 18.2 Å². The highest BCUT2D eigenvalue weighted by Gasteiger charge is 2.45. The van der Waals surface area contributed by atoms with E-state index in [2.05, 4.69) is 20.9 Å². The second-order valence-corrected chi connectivity index (χ2v) is 5.96. The second-order valence-electron chi connectivity index (χ2n) is 5.96. The maximum Gasteiger partial charge on any atom is 0.261 e. The lowest BCUT2D eigenvalue weighted by Gasteiger charge is -2.37. The van der Waals surface area contributed by atoms with Crippen LogP contribution >= 0.6 is 0 Å². The van der Waals surface area contributed by atoms with E-state index in [1.165, 1.54) is 0 Å². The lowest BCUT2D eigenvalue weighted by Crippen LogP contribution is -2.55. The van der Waals surface area contributed by atoms with E-state index < -0.39 is 5.60 Å². The molecule has 1 amide bonds. The molecule has 0 aliphatic carbocycles. The molecule has 0 unspecified atom stereocenters. The van der Waals surface area contributed by atoms with Gasteiger partial charge in [0.1, 0.15) is 5.60 Å². The number of carbonyl (C=O) groups excluding carboxylic acids is 1. The van der Waals surface area contributed by atoms with Gasteiger partial charge in [0.25, 0.3) is 5.91 Å². The van der Waals surface area contributed by atoms with E-state index in [4.69, 9.17) is 4.74 Å². The summed E-state index contributed by atoms with van der Waals surface area (Å²) < 4.78 is 7.80. The number of nitrogens with zero attached hydrogens (tertiary/aromatic N) is 3. The minimum Gasteiger partial charge on any atom is -0.368 e. The zero-order chi connectivity index (χ0) is 15.2. The van der Waals surface area contributed by atoms with Crippen molar-refractivity contribution in [1.29, 1.82) is 0 Å². The third-order valence-corrected chi connectivity index (χ3v) is 4.86. The summed E-state index contributed by atoms with van der Waals surface area (Å²) in [6.45, 7) is 3.08. The van der Waals surface area contributed by atoms with Crippen LogP contribution in [-0.4, -0.2) is 47.8 Å². The first kappa shape index (κ1) is 13.7. The molecule has 116 valence electrons. The lowest BCUT2D eigenvalue weighted by atomic mass is 9.90. The summed E-state index contributed by atoms with van der Waals surface area (Å²) in [5, 5.41) is 3.29. The molecule has 0 bridgehead atoms. The number of ether oxygens (including phenoxy) is 1. The summed E-state index contributed by atoms with van der Waals surface area (Å²) in [7, 11) is 1.64. The average molecular weight is 300 g/mol. The molecule has 1 aromatic heterocycles. The van der Waals surface area contributed by atoms with Gasteiger partial charge in [0.15, 0.2) is 0 Å². The minimum atomic E-state index is -0.710. The minimum absolute atomic E-state index is 0.0468. The molecule has 6 heteroatoms. The van der Waals surface area contributed by atoms with Gasteiger partial charge in [-0.25, -0.2) is 4.98 Å². The summed E-state index contributed by atoms with van der Waals surface area (Å²) >= 11 is 0. The molecular formula is C16H20N4O2. The van der Waals surface area contributed by atoms with Crippen LogP contribution in [0.1, 0.15) is 12.8 Å². The van der Waals surface area contributed by atoms with Gasteiger partial charge in [0, 0.05) is 20.2 Å². The molecule has 2 aromatic rings. The van der Waals surface area contributed by atoms with E-state index in [9.17, 15) is 4.79 Å². The number of carbonyl (C=O) groups is 1. The number of para-hydroxylation sites is 2. The monoisotopic (exact) mass is 300 g/mol. The molecule has 0 radical (unpaired) electrons. The van der Waals surface area contributed by atoms with Crippen LogP contribution in [0.15, 0.2) is 24.3 Å². The highest BCUT2D eigenvalue weighted by molar-refractivity contribution is 6.00. The number of hydrogen-bond acceptors (Lipinski definition) is 4. The van der Waals surface area contributed by atoms with Crippen LogP contribution in [0, 0.1) is 0 Å². The van der Waals surface area contributed by atoms with Crippen LogP contribution in [0.4, 0.5) is 5.95 Å². The van der Waals surface area contributed by atoms with Crippen molar-refractivity contribution in [3.05, 3.63) is 24.3 Å². The van der Waals surface area contributed by atoms with Crippen molar-refractivity contribution < 1.29 is 9.53 Å². The number of rotatable bonds is 2. The van der Waals surface area contributed by atoms with Crippen molar-refractivity contribution in [2.75, 3.05) is 31.6 Å². The zero-order valence-corrected chi connectivity index (χ0v) is 12.7. The lowest BCUT2D eigenvalue weighted by molar-refractivity contribution is -0.143. The average Bonchev–Trinajstić information content (AvgIpc) is 3.13. The zero-order valence-electron chi connectivity index (χ0n) is 12.7. The van der Waals surface area contributed by atoms with Crippen LogP contribution in [0.2, 0.25) is 0 Å². The predicted octanol–water partition coefficient (Wildman–Crippen LogP) is 1.15. The van der Waals surface area contributed by atoms with Crippen molar-refractivity contribution in [2.24, 2.45) is 0 Å². The first-order valence-corrected chi connectivity index (χ1v) is 7.78.